The van der Waals surface area contributed by atoms with Gasteiger partial charge in [-0.25, -0.2) is 0 Å². The molecule has 0 amide bonds. The van der Waals surface area contributed by atoms with Crippen LogP contribution < -0.4 is 5.32 Å². The van der Waals surface area contributed by atoms with E-state index in [4.69, 9.17) is 0 Å². The quantitative estimate of drug-likeness (QED) is 0.851. The summed E-state index contributed by atoms with van der Waals surface area (Å²) in [7, 11) is 0. The average molecular weight is 257 g/mol. The Balaban J connectivity index is 1.91. The summed E-state index contributed by atoms with van der Waals surface area (Å²) in [6.45, 7) is 3.15. The van der Waals surface area contributed by atoms with Gasteiger partial charge in [-0.15, -0.1) is 0 Å². The summed E-state index contributed by atoms with van der Waals surface area (Å²) in [5.74, 6) is 1.81. The number of amidine groups is 1. The maximum Gasteiger partial charge on any atom is 0.161 e. The Morgan fingerprint density at radius 3 is 3.11 bits per heavy atom. The largest absolute Gasteiger partial charge is 0.334 e. The second-order valence-electron chi connectivity index (χ2n) is 4.59. The smallest absolute Gasteiger partial charge is 0.161 e. The van der Waals surface area contributed by atoms with Crippen LogP contribution in [-0.2, 0) is 0 Å². The Kier molecular flexibility index (Phi) is 3.19. The van der Waals surface area contributed by atoms with Gasteiger partial charge in [-0.1, -0.05) is 30.8 Å². The fourth-order valence-corrected chi connectivity index (χ4v) is 2.87. The normalized spacial score (nSPS) is 19.6. The summed E-state index contributed by atoms with van der Waals surface area (Å²) in [4.78, 5) is 8.75. The van der Waals surface area contributed by atoms with E-state index in [1.165, 1.54) is 5.39 Å². The van der Waals surface area contributed by atoms with Gasteiger partial charge in [-0.3, -0.25) is 9.98 Å². The Bertz CT molecular complexity index is 589. The third kappa shape index (κ3) is 2.34. The standard InChI is InChI=1S/C14H15N3S/c1-10-7-16-14(18-9-10)17-13-4-2-3-11-5-6-15-8-12(11)13/h2-6,8,10H,7,9H2,1H3,(H,16,17). The highest BCUT2D eigenvalue weighted by molar-refractivity contribution is 8.14. The van der Waals surface area contributed by atoms with E-state index in [1.54, 1.807) is 11.8 Å². The van der Waals surface area contributed by atoms with Gasteiger partial charge in [0.2, 0.25) is 0 Å². The van der Waals surface area contributed by atoms with Crippen molar-refractivity contribution in [3.8, 4) is 0 Å². The predicted molar refractivity (Wildman–Crippen MR) is 79.3 cm³/mol. The predicted octanol–water partition coefficient (Wildman–Crippen LogP) is 3.39. The van der Waals surface area contributed by atoms with E-state index in [2.05, 4.69) is 40.4 Å². The van der Waals surface area contributed by atoms with Crippen LogP contribution in [0.2, 0.25) is 0 Å². The third-order valence-corrected chi connectivity index (χ3v) is 4.22. The first-order valence-electron chi connectivity index (χ1n) is 6.10. The van der Waals surface area contributed by atoms with Crippen molar-refractivity contribution >= 4 is 33.4 Å². The SMILES string of the molecule is CC1CN=C(Nc2cccc3ccncc23)SC1. The number of hydrogen-bond acceptors (Lipinski definition) is 4. The first-order valence-corrected chi connectivity index (χ1v) is 7.08. The van der Waals surface area contributed by atoms with Crippen molar-refractivity contribution < 1.29 is 0 Å². The lowest BCUT2D eigenvalue weighted by Crippen LogP contribution is -2.18. The third-order valence-electron chi connectivity index (χ3n) is 2.98. The van der Waals surface area contributed by atoms with Gasteiger partial charge in [-0.05, 0) is 23.4 Å². The zero-order chi connectivity index (χ0) is 12.4. The summed E-state index contributed by atoms with van der Waals surface area (Å²) in [6.07, 6.45) is 3.72. The molecule has 3 nitrogen and oxygen atoms in total. The monoisotopic (exact) mass is 257 g/mol. The Hall–Kier alpha value is -1.55. The number of pyridine rings is 1. The molecule has 1 aromatic heterocycles. The van der Waals surface area contributed by atoms with Gasteiger partial charge < -0.3 is 5.32 Å². The van der Waals surface area contributed by atoms with Crippen LogP contribution in [0.5, 0.6) is 0 Å². The molecule has 18 heavy (non-hydrogen) atoms. The van der Waals surface area contributed by atoms with Crippen molar-refractivity contribution in [1.82, 2.24) is 4.98 Å². The van der Waals surface area contributed by atoms with Crippen LogP contribution in [0.25, 0.3) is 10.8 Å². The maximum atomic E-state index is 4.56. The number of benzene rings is 1. The lowest BCUT2D eigenvalue weighted by Gasteiger charge is -2.18. The molecule has 0 fully saturated rings. The highest BCUT2D eigenvalue weighted by Crippen LogP contribution is 2.25. The molecule has 1 aromatic carbocycles. The number of nitrogens with zero attached hydrogens (tertiary/aromatic N) is 2. The second-order valence-corrected chi connectivity index (χ2v) is 5.60. The van der Waals surface area contributed by atoms with Crippen LogP contribution in [0.1, 0.15) is 6.92 Å². The number of hydrogen-bond donors (Lipinski definition) is 1. The molecule has 0 radical (unpaired) electrons. The van der Waals surface area contributed by atoms with Gasteiger partial charge in [0.05, 0.1) is 0 Å². The molecule has 1 aliphatic heterocycles. The molecule has 0 bridgehead atoms. The minimum absolute atomic E-state index is 0.676. The van der Waals surface area contributed by atoms with Gasteiger partial charge in [0.1, 0.15) is 0 Å². The van der Waals surface area contributed by atoms with Crippen LogP contribution in [-0.4, -0.2) is 22.4 Å². The van der Waals surface area contributed by atoms with E-state index in [9.17, 15) is 0 Å². The Morgan fingerprint density at radius 1 is 1.33 bits per heavy atom. The van der Waals surface area contributed by atoms with Crippen LogP contribution in [0.4, 0.5) is 5.69 Å². The highest BCUT2D eigenvalue weighted by Gasteiger charge is 2.12. The fraction of sp³-hybridized carbons (Fsp3) is 0.286. The van der Waals surface area contributed by atoms with E-state index < -0.39 is 0 Å². The van der Waals surface area contributed by atoms with Crippen molar-refractivity contribution in [3.05, 3.63) is 36.7 Å². The summed E-state index contributed by atoms with van der Waals surface area (Å²) in [5, 5.41) is 6.77. The molecule has 1 atom stereocenters. The minimum atomic E-state index is 0.676. The molecule has 0 spiro atoms. The topological polar surface area (TPSA) is 37.3 Å². The first-order chi connectivity index (χ1) is 8.83. The zero-order valence-electron chi connectivity index (χ0n) is 10.3. The maximum absolute atomic E-state index is 4.56. The van der Waals surface area contributed by atoms with Crippen molar-refractivity contribution in [2.45, 2.75) is 6.92 Å². The van der Waals surface area contributed by atoms with E-state index >= 15 is 0 Å². The van der Waals surface area contributed by atoms with Gasteiger partial charge >= 0.3 is 0 Å². The number of fused-ring (bicyclic) bond motifs is 1. The molecule has 0 aliphatic carbocycles. The van der Waals surface area contributed by atoms with Crippen molar-refractivity contribution in [2.75, 3.05) is 17.6 Å². The van der Waals surface area contributed by atoms with Crippen molar-refractivity contribution in [3.63, 3.8) is 0 Å². The molecule has 0 saturated heterocycles. The molecule has 3 rings (SSSR count). The Morgan fingerprint density at radius 2 is 2.28 bits per heavy atom. The van der Waals surface area contributed by atoms with Crippen molar-refractivity contribution in [1.29, 1.82) is 0 Å². The van der Waals surface area contributed by atoms with Crippen LogP contribution in [0.3, 0.4) is 0 Å². The van der Waals surface area contributed by atoms with E-state index in [-0.39, 0.29) is 0 Å². The first kappa shape index (κ1) is 11.5. The molecule has 1 N–H and O–H groups in total. The molecule has 2 aromatic rings. The van der Waals surface area contributed by atoms with E-state index in [0.29, 0.717) is 5.92 Å². The molecule has 2 heterocycles. The molecular formula is C14H15N3S. The summed E-state index contributed by atoms with van der Waals surface area (Å²) in [5.41, 5.74) is 1.08. The molecule has 0 saturated carbocycles. The number of aliphatic imine (C=N–C) groups is 1. The number of rotatable bonds is 1. The van der Waals surface area contributed by atoms with Gasteiger partial charge in [0.25, 0.3) is 0 Å². The van der Waals surface area contributed by atoms with E-state index in [0.717, 1.165) is 28.5 Å². The molecular weight excluding hydrogens is 242 g/mol. The number of anilines is 1. The zero-order valence-corrected chi connectivity index (χ0v) is 11.1. The average Bonchev–Trinajstić information content (AvgIpc) is 2.42. The van der Waals surface area contributed by atoms with E-state index in [1.807, 2.05) is 18.5 Å². The van der Waals surface area contributed by atoms with Crippen LogP contribution in [0, 0.1) is 5.92 Å². The Labute approximate surface area is 111 Å². The van der Waals surface area contributed by atoms with Gasteiger partial charge in [0, 0.05) is 35.8 Å². The van der Waals surface area contributed by atoms with Gasteiger partial charge in [-0.2, -0.15) is 0 Å². The van der Waals surface area contributed by atoms with Crippen LogP contribution in [0.15, 0.2) is 41.7 Å². The summed E-state index contributed by atoms with van der Waals surface area (Å²) in [6, 6.07) is 8.25. The number of aromatic nitrogens is 1. The summed E-state index contributed by atoms with van der Waals surface area (Å²) >= 11 is 1.79. The number of nitrogens with one attached hydrogen (secondary N) is 1. The molecule has 4 heteroatoms. The van der Waals surface area contributed by atoms with Crippen molar-refractivity contribution in [2.24, 2.45) is 10.9 Å². The van der Waals surface area contributed by atoms with Crippen LogP contribution >= 0.6 is 11.8 Å². The summed E-state index contributed by atoms with van der Waals surface area (Å²) < 4.78 is 0. The van der Waals surface area contributed by atoms with Gasteiger partial charge in [0.15, 0.2) is 5.17 Å². The number of thioether (sulfide) groups is 1. The molecule has 1 aliphatic rings. The highest BCUT2D eigenvalue weighted by atomic mass is 32.2. The molecule has 1 unspecified atom stereocenters. The second kappa shape index (κ2) is 4.98. The lowest BCUT2D eigenvalue weighted by molar-refractivity contribution is 0.674. The lowest BCUT2D eigenvalue weighted by atomic mass is 10.1. The fourth-order valence-electron chi connectivity index (χ4n) is 1.97. The minimum Gasteiger partial charge on any atom is -0.334 e. The molecule has 92 valence electrons.